The molecule has 6 heteroatoms. The molecule has 1 fully saturated rings. The Labute approximate surface area is 149 Å². The zero-order chi connectivity index (χ0) is 18.1. The summed E-state index contributed by atoms with van der Waals surface area (Å²) in [4.78, 5) is 27.6. The van der Waals surface area contributed by atoms with E-state index in [1.54, 1.807) is 9.80 Å². The molecule has 0 radical (unpaired) electrons. The number of hydrogen-bond donors (Lipinski definition) is 0. The molecular weight excluding hydrogens is 320 g/mol. The minimum absolute atomic E-state index is 0.0258. The van der Waals surface area contributed by atoms with Crippen molar-refractivity contribution < 1.29 is 19.1 Å². The summed E-state index contributed by atoms with van der Waals surface area (Å²) in [7, 11) is 0. The minimum atomic E-state index is -0.284. The van der Waals surface area contributed by atoms with Crippen LogP contribution in [-0.2, 0) is 16.0 Å². The number of rotatable bonds is 7. The van der Waals surface area contributed by atoms with E-state index < -0.39 is 0 Å². The largest absolute Gasteiger partial charge is 0.483 e. The van der Waals surface area contributed by atoms with Crippen LogP contribution in [0.5, 0.6) is 5.75 Å². The van der Waals surface area contributed by atoms with Gasteiger partial charge in [-0.05, 0) is 24.5 Å². The summed E-state index contributed by atoms with van der Waals surface area (Å²) in [6, 6.07) is 7.76. The highest BCUT2D eigenvalue weighted by atomic mass is 16.6. The predicted octanol–water partition coefficient (Wildman–Crippen LogP) is 2.71. The molecule has 0 spiro atoms. The molecule has 0 N–H and O–H groups in total. The zero-order valence-corrected chi connectivity index (χ0v) is 15.2. The third kappa shape index (κ3) is 5.66. The van der Waals surface area contributed by atoms with Crippen molar-refractivity contribution in [2.45, 2.75) is 33.1 Å². The molecule has 1 aromatic rings. The first-order valence-electron chi connectivity index (χ1n) is 9.05. The Hall–Kier alpha value is -2.24. The summed E-state index contributed by atoms with van der Waals surface area (Å²) in [5.74, 6) is 0.710. The van der Waals surface area contributed by atoms with E-state index in [1.807, 2.05) is 24.3 Å². The molecule has 0 saturated carbocycles. The van der Waals surface area contributed by atoms with Gasteiger partial charge in [-0.3, -0.25) is 4.79 Å². The Morgan fingerprint density at radius 2 is 1.72 bits per heavy atom. The number of amides is 2. The lowest BCUT2D eigenvalue weighted by molar-refractivity contribution is -0.135. The number of piperazine rings is 1. The fraction of sp³-hybridized carbons (Fsp3) is 0.579. The van der Waals surface area contributed by atoms with Gasteiger partial charge in [-0.25, -0.2) is 4.79 Å². The van der Waals surface area contributed by atoms with E-state index in [1.165, 1.54) is 0 Å². The maximum Gasteiger partial charge on any atom is 0.409 e. The number of carbonyl (C=O) groups is 2. The van der Waals surface area contributed by atoms with Gasteiger partial charge in [-0.2, -0.15) is 0 Å². The van der Waals surface area contributed by atoms with Gasteiger partial charge < -0.3 is 19.3 Å². The summed E-state index contributed by atoms with van der Waals surface area (Å²) in [6.07, 6.45) is 2.45. The van der Waals surface area contributed by atoms with Crippen LogP contribution in [0.1, 0.15) is 32.3 Å². The number of para-hydroxylation sites is 1. The third-order valence-electron chi connectivity index (χ3n) is 4.32. The topological polar surface area (TPSA) is 59.1 Å². The summed E-state index contributed by atoms with van der Waals surface area (Å²) in [6.45, 7) is 6.63. The number of carbonyl (C=O) groups excluding carboxylic acids is 2. The smallest absolute Gasteiger partial charge is 0.409 e. The molecule has 1 aromatic carbocycles. The van der Waals surface area contributed by atoms with Gasteiger partial charge in [-0.15, -0.1) is 0 Å². The van der Waals surface area contributed by atoms with Crippen molar-refractivity contribution in [2.24, 2.45) is 0 Å². The van der Waals surface area contributed by atoms with Crippen LogP contribution < -0.4 is 4.74 Å². The van der Waals surface area contributed by atoms with Crippen LogP contribution in [0.2, 0.25) is 0 Å². The maximum atomic E-state index is 12.3. The first-order chi connectivity index (χ1) is 12.2. The molecule has 0 aliphatic carbocycles. The second-order valence-electron chi connectivity index (χ2n) is 6.09. The number of nitrogens with zero attached hydrogens (tertiary/aromatic N) is 2. The Balaban J connectivity index is 1.74. The fourth-order valence-electron chi connectivity index (χ4n) is 2.70. The molecule has 6 nitrogen and oxygen atoms in total. The average molecular weight is 348 g/mol. The molecule has 2 amide bonds. The van der Waals surface area contributed by atoms with Gasteiger partial charge in [0.1, 0.15) is 5.75 Å². The van der Waals surface area contributed by atoms with Crippen LogP contribution in [-0.4, -0.2) is 61.2 Å². The van der Waals surface area contributed by atoms with E-state index >= 15 is 0 Å². The lowest BCUT2D eigenvalue weighted by atomic mass is 10.1. The van der Waals surface area contributed by atoms with Gasteiger partial charge in [0.2, 0.25) is 0 Å². The molecule has 1 saturated heterocycles. The Kier molecular flexibility index (Phi) is 7.57. The number of benzene rings is 1. The van der Waals surface area contributed by atoms with Crippen LogP contribution in [0.15, 0.2) is 24.3 Å². The van der Waals surface area contributed by atoms with Crippen LogP contribution >= 0.6 is 0 Å². The van der Waals surface area contributed by atoms with Crippen molar-refractivity contribution in [2.75, 3.05) is 39.4 Å². The van der Waals surface area contributed by atoms with Gasteiger partial charge >= 0.3 is 6.09 Å². The first kappa shape index (κ1) is 19.1. The van der Waals surface area contributed by atoms with Gasteiger partial charge in [-0.1, -0.05) is 38.5 Å². The van der Waals surface area contributed by atoms with E-state index in [0.29, 0.717) is 32.8 Å². The van der Waals surface area contributed by atoms with Gasteiger partial charge in [0.25, 0.3) is 5.91 Å². The van der Waals surface area contributed by atoms with Crippen LogP contribution in [0.25, 0.3) is 0 Å². The van der Waals surface area contributed by atoms with Crippen LogP contribution in [0.4, 0.5) is 4.79 Å². The van der Waals surface area contributed by atoms with Crippen molar-refractivity contribution in [3.8, 4) is 5.75 Å². The third-order valence-corrected chi connectivity index (χ3v) is 4.32. The Morgan fingerprint density at radius 3 is 2.40 bits per heavy atom. The quantitative estimate of drug-likeness (QED) is 0.711. The first-order valence-corrected chi connectivity index (χ1v) is 9.05. The summed E-state index contributed by atoms with van der Waals surface area (Å²) in [5.41, 5.74) is 1.09. The molecule has 1 aliphatic rings. The van der Waals surface area contributed by atoms with E-state index in [-0.39, 0.29) is 18.6 Å². The second-order valence-corrected chi connectivity index (χ2v) is 6.09. The molecule has 0 aromatic heterocycles. The average Bonchev–Trinajstić information content (AvgIpc) is 2.66. The number of unbranched alkanes of at least 4 members (excludes halogenated alkanes) is 1. The predicted molar refractivity (Wildman–Crippen MR) is 95.7 cm³/mol. The molecule has 1 aliphatic heterocycles. The summed E-state index contributed by atoms with van der Waals surface area (Å²) >= 11 is 0. The van der Waals surface area contributed by atoms with E-state index in [9.17, 15) is 9.59 Å². The van der Waals surface area contributed by atoms with Crippen LogP contribution in [0, 0.1) is 0 Å². The van der Waals surface area contributed by atoms with Crippen molar-refractivity contribution in [1.29, 1.82) is 0 Å². The lowest BCUT2D eigenvalue weighted by Crippen LogP contribution is -2.51. The van der Waals surface area contributed by atoms with E-state index in [0.717, 1.165) is 30.6 Å². The highest BCUT2D eigenvalue weighted by Crippen LogP contribution is 2.18. The van der Waals surface area contributed by atoms with Gasteiger partial charge in [0.15, 0.2) is 6.61 Å². The highest BCUT2D eigenvalue weighted by Gasteiger charge is 2.25. The lowest BCUT2D eigenvalue weighted by Gasteiger charge is -2.34. The molecular formula is C19H28N2O4. The van der Waals surface area contributed by atoms with Crippen molar-refractivity contribution in [3.63, 3.8) is 0 Å². The van der Waals surface area contributed by atoms with Crippen LogP contribution in [0.3, 0.4) is 0 Å². The normalized spacial score (nSPS) is 14.3. The van der Waals surface area contributed by atoms with Gasteiger partial charge in [0.05, 0.1) is 6.61 Å². The molecule has 0 unspecified atom stereocenters. The van der Waals surface area contributed by atoms with Crippen molar-refractivity contribution in [3.05, 3.63) is 29.8 Å². The summed E-state index contributed by atoms with van der Waals surface area (Å²) < 4.78 is 10.9. The van der Waals surface area contributed by atoms with Gasteiger partial charge in [0, 0.05) is 26.2 Å². The van der Waals surface area contributed by atoms with Crippen molar-refractivity contribution in [1.82, 2.24) is 9.80 Å². The molecule has 25 heavy (non-hydrogen) atoms. The van der Waals surface area contributed by atoms with E-state index in [2.05, 4.69) is 13.8 Å². The number of hydrogen-bond acceptors (Lipinski definition) is 4. The summed E-state index contributed by atoms with van der Waals surface area (Å²) in [5, 5.41) is 0. The number of aryl methyl sites for hydroxylation is 1. The van der Waals surface area contributed by atoms with E-state index in [4.69, 9.17) is 9.47 Å². The fourth-order valence-corrected chi connectivity index (χ4v) is 2.70. The number of ether oxygens (including phenoxy) is 2. The SMILES string of the molecule is CCCCOC(=O)N1CCN(C(=O)COc2ccccc2CC)CC1. The van der Waals surface area contributed by atoms with Crippen molar-refractivity contribution >= 4 is 12.0 Å². The standard InChI is InChI=1S/C19H28N2O4/c1-3-5-14-24-19(23)21-12-10-20(11-13-21)18(22)15-25-17-9-7-6-8-16(17)4-2/h6-9H,3-5,10-15H2,1-2H3. The molecule has 2 rings (SSSR count). The maximum absolute atomic E-state index is 12.3. The Bertz CT molecular complexity index is 568. The minimum Gasteiger partial charge on any atom is -0.483 e. The molecule has 138 valence electrons. The monoisotopic (exact) mass is 348 g/mol. The zero-order valence-electron chi connectivity index (χ0n) is 15.2. The molecule has 0 atom stereocenters. The Morgan fingerprint density at radius 1 is 1.04 bits per heavy atom. The highest BCUT2D eigenvalue weighted by molar-refractivity contribution is 5.78. The second kappa shape index (κ2) is 9.91. The molecule has 1 heterocycles. The molecule has 0 bridgehead atoms.